The molecule has 0 saturated carbocycles. The number of rotatable bonds is 6. The average Bonchev–Trinajstić information content (AvgIpc) is 3.39. The van der Waals surface area contributed by atoms with Gasteiger partial charge in [0.05, 0.1) is 18.3 Å². The van der Waals surface area contributed by atoms with E-state index in [0.717, 1.165) is 24.2 Å². The van der Waals surface area contributed by atoms with E-state index in [-0.39, 0.29) is 23.5 Å². The lowest BCUT2D eigenvalue weighted by Crippen LogP contribution is -2.30. The zero-order chi connectivity index (χ0) is 19.3. The highest BCUT2D eigenvalue weighted by atomic mass is 19.1. The fourth-order valence-corrected chi connectivity index (χ4v) is 3.49. The minimum atomic E-state index is -0.371. The maximum absolute atomic E-state index is 13.6. The summed E-state index contributed by atoms with van der Waals surface area (Å²) in [5.41, 5.74) is 2.38. The van der Waals surface area contributed by atoms with Gasteiger partial charge in [0.2, 0.25) is 0 Å². The molecule has 7 heteroatoms. The second-order valence-electron chi connectivity index (χ2n) is 6.74. The van der Waals surface area contributed by atoms with E-state index >= 15 is 0 Å². The molecule has 144 valence electrons. The van der Waals surface area contributed by atoms with Crippen molar-refractivity contribution in [2.45, 2.75) is 25.3 Å². The quantitative estimate of drug-likeness (QED) is 0.710. The number of likely N-dealkylation sites (tertiary alicyclic amines) is 1. The van der Waals surface area contributed by atoms with Gasteiger partial charge in [-0.2, -0.15) is 5.10 Å². The van der Waals surface area contributed by atoms with Crippen molar-refractivity contribution in [3.05, 3.63) is 77.6 Å². The Hall–Kier alpha value is -3.22. The van der Waals surface area contributed by atoms with Crippen LogP contribution in [-0.2, 0) is 6.42 Å². The molecule has 1 aliphatic heterocycles. The highest BCUT2D eigenvalue weighted by molar-refractivity contribution is 5.94. The van der Waals surface area contributed by atoms with Crippen molar-refractivity contribution < 1.29 is 13.9 Å². The lowest BCUT2D eigenvalue weighted by molar-refractivity contribution is 0.0732. The first-order valence-corrected chi connectivity index (χ1v) is 9.35. The molecule has 28 heavy (non-hydrogen) atoms. The van der Waals surface area contributed by atoms with E-state index in [1.165, 1.54) is 6.07 Å². The maximum Gasteiger partial charge on any atom is 0.254 e. The summed E-state index contributed by atoms with van der Waals surface area (Å²) in [6.45, 7) is 1.05. The number of carbonyl (C=O) groups excluding carboxylic acids is 1. The molecule has 3 heterocycles. The largest absolute Gasteiger partial charge is 0.490 e. The monoisotopic (exact) mass is 380 g/mol. The van der Waals surface area contributed by atoms with Crippen molar-refractivity contribution in [1.29, 1.82) is 0 Å². The van der Waals surface area contributed by atoms with Gasteiger partial charge in [-0.25, -0.2) is 4.39 Å². The second kappa shape index (κ2) is 8.21. The number of H-pyrrole nitrogens is 1. The summed E-state index contributed by atoms with van der Waals surface area (Å²) in [6, 6.07) is 11.7. The van der Waals surface area contributed by atoms with Crippen LogP contribution in [0.5, 0.6) is 5.75 Å². The highest BCUT2D eigenvalue weighted by Gasteiger charge is 2.32. The lowest BCUT2D eigenvalue weighted by atomic mass is 10.1. The van der Waals surface area contributed by atoms with Gasteiger partial charge in [0.25, 0.3) is 5.91 Å². The van der Waals surface area contributed by atoms with E-state index in [1.54, 1.807) is 42.7 Å². The van der Waals surface area contributed by atoms with Gasteiger partial charge in [0.1, 0.15) is 0 Å². The highest BCUT2D eigenvalue weighted by Crippen LogP contribution is 2.32. The number of aromatic amines is 1. The molecule has 0 bridgehead atoms. The zero-order valence-electron chi connectivity index (χ0n) is 15.3. The molecule has 0 spiro atoms. The molecule has 1 aromatic carbocycles. The summed E-state index contributed by atoms with van der Waals surface area (Å²) in [5.74, 6) is -0.131. The minimum absolute atomic E-state index is 0.00247. The van der Waals surface area contributed by atoms with E-state index in [9.17, 15) is 9.18 Å². The molecule has 1 atom stereocenters. The summed E-state index contributed by atoms with van der Waals surface area (Å²) in [6.07, 6.45) is 5.65. The molecule has 3 aromatic rings. The second-order valence-corrected chi connectivity index (χ2v) is 6.74. The van der Waals surface area contributed by atoms with Crippen LogP contribution in [0.4, 0.5) is 4.39 Å². The Kier molecular flexibility index (Phi) is 5.32. The maximum atomic E-state index is 13.6. The number of carbonyl (C=O) groups is 1. The van der Waals surface area contributed by atoms with Crippen LogP contribution >= 0.6 is 0 Å². The molecule has 4 rings (SSSR count). The Morgan fingerprint density at radius 1 is 1.25 bits per heavy atom. The first-order valence-electron chi connectivity index (χ1n) is 9.35. The number of para-hydroxylation sites is 1. The fourth-order valence-electron chi connectivity index (χ4n) is 3.49. The number of ether oxygens (including phenoxy) is 1. The number of nitrogens with one attached hydrogen (secondary N) is 1. The minimum Gasteiger partial charge on any atom is -0.490 e. The first kappa shape index (κ1) is 18.2. The number of hydrogen-bond acceptors (Lipinski definition) is 4. The predicted octanol–water partition coefficient (Wildman–Crippen LogP) is 3.54. The van der Waals surface area contributed by atoms with Gasteiger partial charge in [-0.3, -0.25) is 14.9 Å². The van der Waals surface area contributed by atoms with Gasteiger partial charge in [-0.15, -0.1) is 0 Å². The molecular formula is C21H21FN4O2. The Bertz CT molecular complexity index is 944. The predicted molar refractivity (Wildman–Crippen MR) is 101 cm³/mol. The van der Waals surface area contributed by atoms with Crippen molar-refractivity contribution in [2.75, 3.05) is 13.2 Å². The molecule has 0 radical (unpaired) electrons. The van der Waals surface area contributed by atoms with Crippen molar-refractivity contribution >= 4 is 5.91 Å². The SMILES string of the molecule is O=C(c1ccncc1)N1CCC[C@H]1c1cc(CCOc2ccccc2F)[nH]n1. The van der Waals surface area contributed by atoms with E-state index in [4.69, 9.17) is 4.74 Å². The van der Waals surface area contributed by atoms with Gasteiger partial charge in [0.15, 0.2) is 11.6 Å². The van der Waals surface area contributed by atoms with Crippen molar-refractivity contribution in [3.63, 3.8) is 0 Å². The molecule has 1 N–H and O–H groups in total. The van der Waals surface area contributed by atoms with Crippen LogP contribution in [0.15, 0.2) is 54.9 Å². The van der Waals surface area contributed by atoms with Crippen molar-refractivity contribution in [2.24, 2.45) is 0 Å². The van der Waals surface area contributed by atoms with Crippen LogP contribution < -0.4 is 4.74 Å². The summed E-state index contributed by atoms with van der Waals surface area (Å²) in [4.78, 5) is 18.6. The van der Waals surface area contributed by atoms with Gasteiger partial charge in [0, 0.05) is 36.6 Å². The Morgan fingerprint density at radius 2 is 2.07 bits per heavy atom. The van der Waals surface area contributed by atoms with Gasteiger partial charge in [-0.1, -0.05) is 12.1 Å². The number of amides is 1. The van der Waals surface area contributed by atoms with E-state index < -0.39 is 0 Å². The Balaban J connectivity index is 1.39. The van der Waals surface area contributed by atoms with Crippen LogP contribution in [-0.4, -0.2) is 39.1 Å². The lowest BCUT2D eigenvalue weighted by Gasteiger charge is -2.23. The molecule has 1 fully saturated rings. The molecule has 2 aromatic heterocycles. The van der Waals surface area contributed by atoms with E-state index in [1.807, 2.05) is 11.0 Å². The molecule has 1 amide bonds. The van der Waals surface area contributed by atoms with E-state index in [2.05, 4.69) is 15.2 Å². The van der Waals surface area contributed by atoms with Crippen molar-refractivity contribution in [3.8, 4) is 5.75 Å². The zero-order valence-corrected chi connectivity index (χ0v) is 15.3. The van der Waals surface area contributed by atoms with E-state index in [0.29, 0.717) is 25.1 Å². The third kappa shape index (κ3) is 3.88. The molecule has 0 unspecified atom stereocenters. The fraction of sp³-hybridized carbons (Fsp3) is 0.286. The van der Waals surface area contributed by atoms with Crippen LogP contribution in [0.25, 0.3) is 0 Å². The summed E-state index contributed by atoms with van der Waals surface area (Å²) in [7, 11) is 0. The third-order valence-electron chi connectivity index (χ3n) is 4.90. The Labute approximate surface area is 162 Å². The number of aromatic nitrogens is 3. The molecule has 1 saturated heterocycles. The molecule has 0 aliphatic carbocycles. The van der Waals surface area contributed by atoms with Crippen molar-refractivity contribution in [1.82, 2.24) is 20.1 Å². The van der Waals surface area contributed by atoms with Gasteiger partial charge < -0.3 is 9.64 Å². The van der Waals surface area contributed by atoms with Crippen LogP contribution in [0.2, 0.25) is 0 Å². The molecule has 1 aliphatic rings. The van der Waals surface area contributed by atoms with Gasteiger partial charge in [-0.05, 0) is 43.2 Å². The van der Waals surface area contributed by atoms with Crippen LogP contribution in [0.3, 0.4) is 0 Å². The Morgan fingerprint density at radius 3 is 2.89 bits per heavy atom. The third-order valence-corrected chi connectivity index (χ3v) is 4.90. The molecule has 6 nitrogen and oxygen atoms in total. The topological polar surface area (TPSA) is 71.1 Å². The summed E-state index contributed by atoms with van der Waals surface area (Å²) >= 11 is 0. The van der Waals surface area contributed by atoms with Gasteiger partial charge >= 0.3 is 0 Å². The smallest absolute Gasteiger partial charge is 0.254 e. The number of nitrogens with zero attached hydrogens (tertiary/aromatic N) is 3. The van der Waals surface area contributed by atoms with Crippen LogP contribution in [0, 0.1) is 5.82 Å². The van der Waals surface area contributed by atoms with Crippen LogP contribution in [0.1, 0.15) is 40.6 Å². The normalized spacial score (nSPS) is 16.3. The first-order chi connectivity index (χ1) is 13.7. The molecular weight excluding hydrogens is 359 g/mol. The average molecular weight is 380 g/mol. The number of hydrogen-bond donors (Lipinski definition) is 1. The summed E-state index contributed by atoms with van der Waals surface area (Å²) < 4.78 is 19.1. The number of halogens is 1. The summed E-state index contributed by atoms with van der Waals surface area (Å²) in [5, 5.41) is 7.42. The standard InChI is InChI=1S/C21H21FN4O2/c22-17-4-1-2-6-20(17)28-13-9-16-14-18(25-24-16)19-5-3-12-26(19)21(27)15-7-10-23-11-8-15/h1-2,4,6-8,10-11,14,19H,3,5,9,12-13H2,(H,24,25)/t19-/m0/s1. The number of pyridine rings is 1. The number of benzene rings is 1.